The highest BCUT2D eigenvalue weighted by Gasteiger charge is 2.17. The van der Waals surface area contributed by atoms with Gasteiger partial charge in [0.05, 0.1) is 18.1 Å². The fourth-order valence-electron chi connectivity index (χ4n) is 1.07. The van der Waals surface area contributed by atoms with Crippen molar-refractivity contribution in [3.8, 4) is 0 Å². The normalized spacial score (nSPS) is 10.2. The summed E-state index contributed by atoms with van der Waals surface area (Å²) in [5.74, 6) is -0.0370. The molecule has 0 aliphatic heterocycles. The van der Waals surface area contributed by atoms with E-state index < -0.39 is 0 Å². The second-order valence-corrected chi connectivity index (χ2v) is 7.45. The van der Waals surface area contributed by atoms with Crippen LogP contribution in [0, 0.1) is 0 Å². The molecule has 88 valence electrons. The Hall–Kier alpha value is 0.0200. The number of carbonyl (C=O) groups excluding carboxylic acids is 1. The van der Waals surface area contributed by atoms with E-state index in [1.54, 1.807) is 18.0 Å². The minimum absolute atomic E-state index is 0.0370. The van der Waals surface area contributed by atoms with Crippen molar-refractivity contribution in [1.82, 2.24) is 4.90 Å². The molecule has 2 N–H and O–H groups in total. The Labute approximate surface area is 120 Å². The SMILES string of the molecule is CN(CCC(N)=S)C(=O)c1cc(Br)sc1Br. The molecule has 0 atom stereocenters. The maximum Gasteiger partial charge on any atom is 0.255 e. The predicted molar refractivity (Wildman–Crippen MR) is 78.1 cm³/mol. The van der Waals surface area contributed by atoms with Gasteiger partial charge in [0.25, 0.3) is 5.91 Å². The number of thiophene rings is 1. The first kappa shape index (κ1) is 14.1. The van der Waals surface area contributed by atoms with Crippen molar-refractivity contribution in [2.24, 2.45) is 5.73 Å². The van der Waals surface area contributed by atoms with Crippen LogP contribution in [0.4, 0.5) is 0 Å². The van der Waals surface area contributed by atoms with Gasteiger partial charge in [-0.1, -0.05) is 12.2 Å². The first-order valence-corrected chi connectivity index (χ1v) is 7.21. The van der Waals surface area contributed by atoms with Crippen LogP contribution in [0.25, 0.3) is 0 Å². The van der Waals surface area contributed by atoms with E-state index in [9.17, 15) is 4.79 Å². The van der Waals surface area contributed by atoms with Crippen LogP contribution in [0.1, 0.15) is 16.8 Å². The summed E-state index contributed by atoms with van der Waals surface area (Å²) in [6, 6.07) is 1.80. The highest BCUT2D eigenvalue weighted by Crippen LogP contribution is 2.32. The molecule has 7 heteroatoms. The van der Waals surface area contributed by atoms with E-state index in [0.29, 0.717) is 23.5 Å². The van der Waals surface area contributed by atoms with Gasteiger partial charge in [0.2, 0.25) is 0 Å². The van der Waals surface area contributed by atoms with Gasteiger partial charge >= 0.3 is 0 Å². The fraction of sp³-hybridized carbons (Fsp3) is 0.333. The average molecular weight is 386 g/mol. The molecule has 0 saturated heterocycles. The summed E-state index contributed by atoms with van der Waals surface area (Å²) >= 11 is 12.9. The van der Waals surface area contributed by atoms with Crippen molar-refractivity contribution >= 4 is 66.3 Å². The van der Waals surface area contributed by atoms with Gasteiger partial charge in [-0.15, -0.1) is 11.3 Å². The summed E-state index contributed by atoms with van der Waals surface area (Å²) < 4.78 is 1.75. The van der Waals surface area contributed by atoms with Crippen molar-refractivity contribution in [3.63, 3.8) is 0 Å². The van der Waals surface area contributed by atoms with Crippen molar-refractivity contribution in [3.05, 3.63) is 19.2 Å². The van der Waals surface area contributed by atoms with Gasteiger partial charge in [-0.3, -0.25) is 4.79 Å². The van der Waals surface area contributed by atoms with E-state index in [2.05, 4.69) is 31.9 Å². The lowest BCUT2D eigenvalue weighted by molar-refractivity contribution is 0.0798. The molecule has 0 fully saturated rings. The molecule has 1 amide bonds. The van der Waals surface area contributed by atoms with Crippen molar-refractivity contribution < 1.29 is 4.79 Å². The first-order valence-electron chi connectivity index (χ1n) is 4.40. The second-order valence-electron chi connectivity index (χ2n) is 3.18. The third-order valence-electron chi connectivity index (χ3n) is 1.93. The minimum Gasteiger partial charge on any atom is -0.393 e. The van der Waals surface area contributed by atoms with Gasteiger partial charge in [0, 0.05) is 20.0 Å². The maximum atomic E-state index is 12.0. The number of amides is 1. The molecule has 0 bridgehead atoms. The van der Waals surface area contributed by atoms with Crippen molar-refractivity contribution in [2.75, 3.05) is 13.6 Å². The smallest absolute Gasteiger partial charge is 0.255 e. The third kappa shape index (κ3) is 3.80. The summed E-state index contributed by atoms with van der Waals surface area (Å²) in [6.45, 7) is 0.536. The van der Waals surface area contributed by atoms with Crippen LogP contribution >= 0.6 is 55.4 Å². The summed E-state index contributed by atoms with van der Waals surface area (Å²) in [5.41, 5.74) is 6.05. The second kappa shape index (κ2) is 6.09. The number of nitrogens with two attached hydrogens (primary N) is 1. The van der Waals surface area contributed by atoms with E-state index in [4.69, 9.17) is 18.0 Å². The quantitative estimate of drug-likeness (QED) is 0.810. The van der Waals surface area contributed by atoms with Gasteiger partial charge in [0.1, 0.15) is 0 Å². The lowest BCUT2D eigenvalue weighted by Crippen LogP contribution is -2.29. The molecular weight excluding hydrogens is 376 g/mol. The summed E-state index contributed by atoms with van der Waals surface area (Å²) in [4.78, 5) is 14.0. The standard InChI is InChI=1S/C9H10Br2N2OS2/c1-13(3-2-7(12)15)9(14)5-4-6(10)16-8(5)11/h4H,2-3H2,1H3,(H2,12,15). The molecular formula is C9H10Br2N2OS2. The Morgan fingerprint density at radius 3 is 2.69 bits per heavy atom. The zero-order valence-corrected chi connectivity index (χ0v) is 13.3. The molecule has 1 aromatic rings. The summed E-state index contributed by atoms with van der Waals surface area (Å²) in [5, 5.41) is 0. The number of halogens is 2. The molecule has 0 unspecified atom stereocenters. The average Bonchev–Trinajstić information content (AvgIpc) is 2.53. The van der Waals surface area contributed by atoms with E-state index in [1.165, 1.54) is 11.3 Å². The van der Waals surface area contributed by atoms with Crippen LogP contribution in [-0.4, -0.2) is 29.4 Å². The number of carbonyl (C=O) groups is 1. The number of nitrogens with zero attached hydrogens (tertiary/aromatic N) is 1. The largest absolute Gasteiger partial charge is 0.393 e. The van der Waals surface area contributed by atoms with Gasteiger partial charge in [-0.05, 0) is 37.9 Å². The summed E-state index contributed by atoms with van der Waals surface area (Å²) in [6.07, 6.45) is 0.542. The zero-order chi connectivity index (χ0) is 12.3. The lowest BCUT2D eigenvalue weighted by Gasteiger charge is -2.16. The van der Waals surface area contributed by atoms with Gasteiger partial charge < -0.3 is 10.6 Å². The molecule has 0 spiro atoms. The van der Waals surface area contributed by atoms with Gasteiger partial charge in [-0.25, -0.2) is 0 Å². The molecule has 1 aromatic heterocycles. The van der Waals surface area contributed by atoms with Crippen LogP contribution in [0.5, 0.6) is 0 Å². The Morgan fingerprint density at radius 1 is 1.62 bits per heavy atom. The molecule has 0 aliphatic carbocycles. The molecule has 0 radical (unpaired) electrons. The Balaban J connectivity index is 2.70. The number of hydrogen-bond acceptors (Lipinski definition) is 3. The molecule has 0 saturated carbocycles. The third-order valence-corrected chi connectivity index (χ3v) is 4.47. The van der Waals surface area contributed by atoms with Crippen molar-refractivity contribution in [1.29, 1.82) is 0 Å². The van der Waals surface area contributed by atoms with Crippen LogP contribution in [0.15, 0.2) is 13.6 Å². The van der Waals surface area contributed by atoms with E-state index >= 15 is 0 Å². The molecule has 0 aliphatic rings. The maximum absolute atomic E-state index is 12.0. The van der Waals surface area contributed by atoms with Gasteiger partial charge in [-0.2, -0.15) is 0 Å². The molecule has 1 heterocycles. The molecule has 3 nitrogen and oxygen atoms in total. The summed E-state index contributed by atoms with van der Waals surface area (Å²) in [7, 11) is 1.73. The molecule has 0 aromatic carbocycles. The number of rotatable bonds is 4. The lowest BCUT2D eigenvalue weighted by atomic mass is 10.3. The van der Waals surface area contributed by atoms with E-state index in [0.717, 1.165) is 7.57 Å². The van der Waals surface area contributed by atoms with E-state index in [1.807, 2.05) is 0 Å². The number of hydrogen-bond donors (Lipinski definition) is 1. The Bertz CT molecular complexity index is 420. The van der Waals surface area contributed by atoms with Gasteiger partial charge in [0.15, 0.2) is 0 Å². The van der Waals surface area contributed by atoms with Crippen LogP contribution in [0.3, 0.4) is 0 Å². The zero-order valence-electron chi connectivity index (χ0n) is 8.50. The highest BCUT2D eigenvalue weighted by atomic mass is 79.9. The van der Waals surface area contributed by atoms with Crippen LogP contribution < -0.4 is 5.73 Å². The highest BCUT2D eigenvalue weighted by molar-refractivity contribution is 9.12. The fourth-order valence-corrected chi connectivity index (χ4v) is 3.94. The van der Waals surface area contributed by atoms with Crippen LogP contribution in [-0.2, 0) is 0 Å². The molecule has 1 rings (SSSR count). The minimum atomic E-state index is -0.0370. The first-order chi connectivity index (χ1) is 7.41. The number of thiocarbonyl (C=S) groups is 1. The van der Waals surface area contributed by atoms with Crippen LogP contribution in [0.2, 0.25) is 0 Å². The molecule has 16 heavy (non-hydrogen) atoms. The topological polar surface area (TPSA) is 46.3 Å². The Kier molecular flexibility index (Phi) is 5.36. The monoisotopic (exact) mass is 384 g/mol. The predicted octanol–water partition coefficient (Wildman–Crippen LogP) is 3.02. The van der Waals surface area contributed by atoms with E-state index in [-0.39, 0.29) is 5.91 Å². The van der Waals surface area contributed by atoms with Crippen molar-refractivity contribution in [2.45, 2.75) is 6.42 Å². The Morgan fingerprint density at radius 2 is 2.25 bits per heavy atom.